The molecule has 2 atom stereocenters. The van der Waals surface area contributed by atoms with Gasteiger partial charge in [0.25, 0.3) is 0 Å². The molecule has 114 valence electrons. The molecule has 3 nitrogen and oxygen atoms in total. The molecule has 4 bridgehead atoms. The van der Waals surface area contributed by atoms with Crippen molar-refractivity contribution in [2.75, 3.05) is 19.6 Å². The molecule has 4 saturated carbocycles. The van der Waals surface area contributed by atoms with Crippen molar-refractivity contribution in [2.24, 2.45) is 29.4 Å². The van der Waals surface area contributed by atoms with E-state index in [9.17, 15) is 0 Å². The van der Waals surface area contributed by atoms with Gasteiger partial charge in [-0.3, -0.25) is 4.90 Å². The molecule has 0 unspecified atom stereocenters. The fraction of sp³-hybridized carbons (Fsp3) is 1.00. The van der Waals surface area contributed by atoms with E-state index in [1.54, 1.807) is 0 Å². The van der Waals surface area contributed by atoms with Crippen LogP contribution in [-0.2, 0) is 4.74 Å². The molecule has 5 aliphatic rings. The van der Waals surface area contributed by atoms with Gasteiger partial charge in [-0.15, -0.1) is 0 Å². The molecule has 0 spiro atoms. The monoisotopic (exact) mass is 278 g/mol. The highest BCUT2D eigenvalue weighted by Crippen LogP contribution is 2.60. The Balaban J connectivity index is 1.65. The zero-order valence-corrected chi connectivity index (χ0v) is 13.1. The highest BCUT2D eigenvalue weighted by molar-refractivity contribution is 5.13. The van der Waals surface area contributed by atoms with Crippen molar-refractivity contribution >= 4 is 0 Å². The van der Waals surface area contributed by atoms with Crippen LogP contribution in [0.4, 0.5) is 0 Å². The van der Waals surface area contributed by atoms with E-state index in [0.29, 0.717) is 17.7 Å². The van der Waals surface area contributed by atoms with Crippen LogP contribution in [0.3, 0.4) is 0 Å². The van der Waals surface area contributed by atoms with Crippen LogP contribution in [0.2, 0.25) is 0 Å². The maximum Gasteiger partial charge on any atom is 0.0678 e. The van der Waals surface area contributed by atoms with Gasteiger partial charge in [0.15, 0.2) is 0 Å². The largest absolute Gasteiger partial charge is 0.373 e. The Bertz CT molecular complexity index is 345. The van der Waals surface area contributed by atoms with Crippen LogP contribution in [0.25, 0.3) is 0 Å². The fourth-order valence-electron chi connectivity index (χ4n) is 6.50. The van der Waals surface area contributed by atoms with E-state index >= 15 is 0 Å². The predicted molar refractivity (Wildman–Crippen MR) is 80.4 cm³/mol. The van der Waals surface area contributed by atoms with Gasteiger partial charge in [0, 0.05) is 25.2 Å². The average molecular weight is 278 g/mol. The topological polar surface area (TPSA) is 38.5 Å². The molecule has 0 aromatic heterocycles. The Morgan fingerprint density at radius 2 is 1.45 bits per heavy atom. The first kappa shape index (κ1) is 13.5. The zero-order valence-electron chi connectivity index (χ0n) is 13.1. The minimum Gasteiger partial charge on any atom is -0.373 e. The highest BCUT2D eigenvalue weighted by Gasteiger charge is 2.59. The molecular weight excluding hydrogens is 248 g/mol. The van der Waals surface area contributed by atoms with Gasteiger partial charge in [-0.2, -0.15) is 0 Å². The molecule has 3 heteroatoms. The summed E-state index contributed by atoms with van der Waals surface area (Å²) in [5.41, 5.74) is 6.73. The van der Waals surface area contributed by atoms with Crippen molar-refractivity contribution in [1.82, 2.24) is 4.90 Å². The molecule has 2 N–H and O–H groups in total. The van der Waals surface area contributed by atoms with Crippen molar-refractivity contribution in [1.29, 1.82) is 0 Å². The molecule has 1 saturated heterocycles. The smallest absolute Gasteiger partial charge is 0.0678 e. The zero-order chi connectivity index (χ0) is 13.9. The first-order valence-electron chi connectivity index (χ1n) is 8.72. The Kier molecular flexibility index (Phi) is 3.17. The van der Waals surface area contributed by atoms with Crippen LogP contribution in [0, 0.1) is 23.7 Å². The summed E-state index contributed by atoms with van der Waals surface area (Å²) in [6, 6.07) is 0. The van der Waals surface area contributed by atoms with Gasteiger partial charge in [-0.25, -0.2) is 0 Å². The van der Waals surface area contributed by atoms with E-state index in [4.69, 9.17) is 10.5 Å². The normalized spacial score (nSPS) is 55.4. The Morgan fingerprint density at radius 1 is 0.950 bits per heavy atom. The Hall–Kier alpha value is -0.120. The van der Waals surface area contributed by atoms with Crippen LogP contribution >= 0.6 is 0 Å². The summed E-state index contributed by atoms with van der Waals surface area (Å²) in [6.45, 7) is 7.49. The van der Waals surface area contributed by atoms with Crippen LogP contribution in [0.5, 0.6) is 0 Å². The van der Waals surface area contributed by atoms with Gasteiger partial charge in [0.1, 0.15) is 0 Å². The lowest BCUT2D eigenvalue weighted by Crippen LogP contribution is -2.71. The van der Waals surface area contributed by atoms with Crippen LogP contribution in [0.1, 0.15) is 46.0 Å². The van der Waals surface area contributed by atoms with Gasteiger partial charge in [0.05, 0.1) is 12.2 Å². The highest BCUT2D eigenvalue weighted by atomic mass is 16.5. The number of rotatable bonds is 2. The molecule has 1 aliphatic heterocycles. The molecule has 0 aromatic carbocycles. The fourth-order valence-corrected chi connectivity index (χ4v) is 6.50. The van der Waals surface area contributed by atoms with Crippen LogP contribution in [-0.4, -0.2) is 42.3 Å². The number of morpholine rings is 1. The molecule has 4 aliphatic carbocycles. The lowest BCUT2D eigenvalue weighted by molar-refractivity contribution is -0.176. The molecule has 5 fully saturated rings. The van der Waals surface area contributed by atoms with Crippen molar-refractivity contribution in [3.05, 3.63) is 0 Å². The molecule has 5 rings (SSSR count). The number of nitrogens with zero attached hydrogens (tertiary/aromatic N) is 1. The molecule has 20 heavy (non-hydrogen) atoms. The molecule has 0 aromatic rings. The van der Waals surface area contributed by atoms with Gasteiger partial charge >= 0.3 is 0 Å². The lowest BCUT2D eigenvalue weighted by Gasteiger charge is -2.65. The first-order chi connectivity index (χ1) is 9.61. The van der Waals surface area contributed by atoms with Crippen molar-refractivity contribution in [3.63, 3.8) is 0 Å². The van der Waals surface area contributed by atoms with E-state index in [1.807, 2.05) is 0 Å². The summed E-state index contributed by atoms with van der Waals surface area (Å²) in [4.78, 5) is 2.76. The predicted octanol–water partition coefficient (Wildman–Crippen LogP) is 2.25. The summed E-state index contributed by atoms with van der Waals surface area (Å²) >= 11 is 0. The second kappa shape index (κ2) is 4.69. The van der Waals surface area contributed by atoms with Crippen LogP contribution in [0.15, 0.2) is 0 Å². The molecule has 1 heterocycles. The van der Waals surface area contributed by atoms with Crippen molar-refractivity contribution in [2.45, 2.75) is 63.7 Å². The van der Waals surface area contributed by atoms with Gasteiger partial charge < -0.3 is 10.5 Å². The second-order valence-electron chi connectivity index (χ2n) is 8.16. The third-order valence-corrected chi connectivity index (χ3v) is 6.89. The maximum absolute atomic E-state index is 6.43. The van der Waals surface area contributed by atoms with Crippen molar-refractivity contribution < 1.29 is 4.74 Å². The standard InChI is InChI=1S/C17H30N2O/c1-11-8-19(9-12(2)20-11)17(10-18)15-4-13-3-14(6-15)7-16(17)5-13/h11-16H,3-10,18H2,1-2H3/t11-,12+,13?,14?,15?,16?,17?. The summed E-state index contributed by atoms with van der Waals surface area (Å²) < 4.78 is 5.97. The van der Waals surface area contributed by atoms with Crippen LogP contribution < -0.4 is 5.73 Å². The molecular formula is C17H30N2O. The maximum atomic E-state index is 6.43. The Morgan fingerprint density at radius 3 is 1.90 bits per heavy atom. The van der Waals surface area contributed by atoms with Gasteiger partial charge in [-0.1, -0.05) is 0 Å². The van der Waals surface area contributed by atoms with E-state index in [2.05, 4.69) is 18.7 Å². The van der Waals surface area contributed by atoms with E-state index in [1.165, 1.54) is 32.1 Å². The van der Waals surface area contributed by atoms with Gasteiger partial charge in [0.2, 0.25) is 0 Å². The third kappa shape index (κ3) is 1.82. The quantitative estimate of drug-likeness (QED) is 0.842. The summed E-state index contributed by atoms with van der Waals surface area (Å²) in [7, 11) is 0. The molecule has 0 amide bonds. The van der Waals surface area contributed by atoms with E-state index in [0.717, 1.165) is 43.3 Å². The van der Waals surface area contributed by atoms with E-state index in [-0.39, 0.29) is 0 Å². The average Bonchev–Trinajstić information content (AvgIpc) is 2.37. The van der Waals surface area contributed by atoms with E-state index < -0.39 is 0 Å². The number of ether oxygens (including phenoxy) is 1. The third-order valence-electron chi connectivity index (χ3n) is 6.89. The number of nitrogens with two attached hydrogens (primary N) is 1. The van der Waals surface area contributed by atoms with Crippen molar-refractivity contribution in [3.8, 4) is 0 Å². The minimum absolute atomic E-state index is 0.305. The Labute approximate surface area is 123 Å². The summed E-state index contributed by atoms with van der Waals surface area (Å²) in [5, 5.41) is 0. The SMILES string of the molecule is C[C@@H]1CN(C2(CN)C3CC4CC(C3)CC2C4)C[C@H](C)O1. The lowest BCUT2D eigenvalue weighted by atomic mass is 9.48. The number of hydrogen-bond donors (Lipinski definition) is 1. The summed E-state index contributed by atoms with van der Waals surface area (Å²) in [5.74, 6) is 3.77. The molecule has 0 radical (unpaired) electrons. The first-order valence-corrected chi connectivity index (χ1v) is 8.72. The van der Waals surface area contributed by atoms with Gasteiger partial charge in [-0.05, 0) is 69.6 Å². The summed E-state index contributed by atoms with van der Waals surface area (Å²) in [6.07, 6.45) is 8.03. The second-order valence-corrected chi connectivity index (χ2v) is 8.16. The number of hydrogen-bond acceptors (Lipinski definition) is 3. The minimum atomic E-state index is 0.305.